The van der Waals surface area contributed by atoms with Gasteiger partial charge in [-0.3, -0.25) is 0 Å². The molecular formula is C17H16Cl2O. The molecule has 3 rings (SSSR count). The van der Waals surface area contributed by atoms with Gasteiger partial charge in [-0.1, -0.05) is 59.6 Å². The summed E-state index contributed by atoms with van der Waals surface area (Å²) in [6.07, 6.45) is 2.50. The molecule has 1 fully saturated rings. The summed E-state index contributed by atoms with van der Waals surface area (Å²) in [6, 6.07) is 13.8. The topological polar surface area (TPSA) is 20.2 Å². The summed E-state index contributed by atoms with van der Waals surface area (Å²) in [4.78, 5) is 0. The van der Waals surface area contributed by atoms with Crippen LogP contribution < -0.4 is 0 Å². The highest BCUT2D eigenvalue weighted by Gasteiger charge is 2.23. The number of benzene rings is 2. The molecule has 2 aromatic rings. The van der Waals surface area contributed by atoms with E-state index in [1.165, 1.54) is 18.4 Å². The Bertz CT molecular complexity index is 603. The Morgan fingerprint density at radius 2 is 1.75 bits per heavy atom. The van der Waals surface area contributed by atoms with Crippen molar-refractivity contribution in [2.24, 2.45) is 0 Å². The Morgan fingerprint density at radius 1 is 1.05 bits per heavy atom. The standard InChI is InChI=1S/C17H16Cl2O/c18-15-3-1-2-14(17(15)19)10-16(20)13-8-6-12(7-9-13)11-4-5-11/h1-3,6-9,11,16,20H,4-5,10H2. The van der Waals surface area contributed by atoms with Gasteiger partial charge >= 0.3 is 0 Å². The Balaban J connectivity index is 1.74. The molecule has 0 aromatic heterocycles. The van der Waals surface area contributed by atoms with Crippen LogP contribution in [0.15, 0.2) is 42.5 Å². The van der Waals surface area contributed by atoms with Gasteiger partial charge in [0.25, 0.3) is 0 Å². The molecule has 1 unspecified atom stereocenters. The molecule has 0 bridgehead atoms. The van der Waals surface area contributed by atoms with Crippen molar-refractivity contribution in [3.63, 3.8) is 0 Å². The molecule has 1 atom stereocenters. The van der Waals surface area contributed by atoms with Crippen LogP contribution in [0.25, 0.3) is 0 Å². The van der Waals surface area contributed by atoms with Crippen molar-refractivity contribution in [2.45, 2.75) is 31.3 Å². The second-order valence-corrected chi connectivity index (χ2v) is 6.16. The van der Waals surface area contributed by atoms with Crippen molar-refractivity contribution < 1.29 is 5.11 Å². The van der Waals surface area contributed by atoms with Gasteiger partial charge in [0, 0.05) is 6.42 Å². The van der Waals surface area contributed by atoms with Gasteiger partial charge in [0.2, 0.25) is 0 Å². The van der Waals surface area contributed by atoms with E-state index in [0.717, 1.165) is 17.0 Å². The van der Waals surface area contributed by atoms with Crippen LogP contribution in [-0.2, 0) is 6.42 Å². The Hall–Kier alpha value is -1.02. The van der Waals surface area contributed by atoms with E-state index in [-0.39, 0.29) is 0 Å². The highest BCUT2D eigenvalue weighted by atomic mass is 35.5. The second-order valence-electron chi connectivity index (χ2n) is 5.37. The molecule has 20 heavy (non-hydrogen) atoms. The maximum absolute atomic E-state index is 10.3. The summed E-state index contributed by atoms with van der Waals surface area (Å²) >= 11 is 12.1. The largest absolute Gasteiger partial charge is 0.388 e. The van der Waals surface area contributed by atoms with Crippen molar-refractivity contribution >= 4 is 23.2 Å². The fourth-order valence-corrected chi connectivity index (χ4v) is 2.84. The minimum absolute atomic E-state index is 0.474. The van der Waals surface area contributed by atoms with Gasteiger partial charge in [-0.05, 0) is 41.5 Å². The van der Waals surface area contributed by atoms with Crippen LogP contribution in [0.4, 0.5) is 0 Å². The molecular weight excluding hydrogens is 291 g/mol. The normalized spacial score (nSPS) is 16.1. The third kappa shape index (κ3) is 3.01. The van der Waals surface area contributed by atoms with Gasteiger partial charge in [0.05, 0.1) is 16.1 Å². The number of hydrogen-bond donors (Lipinski definition) is 1. The lowest BCUT2D eigenvalue weighted by Crippen LogP contribution is -2.02. The fourth-order valence-electron chi connectivity index (χ4n) is 2.44. The van der Waals surface area contributed by atoms with Gasteiger partial charge in [-0.25, -0.2) is 0 Å². The van der Waals surface area contributed by atoms with E-state index in [4.69, 9.17) is 23.2 Å². The third-order valence-electron chi connectivity index (χ3n) is 3.81. The minimum atomic E-state index is -0.556. The van der Waals surface area contributed by atoms with Crippen molar-refractivity contribution in [2.75, 3.05) is 0 Å². The monoisotopic (exact) mass is 306 g/mol. The molecule has 1 nitrogen and oxygen atoms in total. The van der Waals surface area contributed by atoms with Crippen LogP contribution in [-0.4, -0.2) is 5.11 Å². The SMILES string of the molecule is OC(Cc1cccc(Cl)c1Cl)c1ccc(C2CC2)cc1. The molecule has 0 amide bonds. The van der Waals surface area contributed by atoms with Crippen molar-refractivity contribution in [1.29, 1.82) is 0 Å². The molecule has 104 valence electrons. The van der Waals surface area contributed by atoms with E-state index in [9.17, 15) is 5.11 Å². The molecule has 1 aliphatic carbocycles. The summed E-state index contributed by atoms with van der Waals surface area (Å²) in [6.45, 7) is 0. The number of halogens is 2. The zero-order valence-electron chi connectivity index (χ0n) is 11.0. The van der Waals surface area contributed by atoms with E-state index < -0.39 is 6.10 Å². The predicted octanol–water partition coefficient (Wildman–Crippen LogP) is 5.15. The molecule has 0 heterocycles. The van der Waals surface area contributed by atoms with Crippen LogP contribution in [0.1, 0.15) is 41.6 Å². The molecule has 0 saturated heterocycles. The zero-order valence-corrected chi connectivity index (χ0v) is 12.5. The fraction of sp³-hybridized carbons (Fsp3) is 0.294. The average molecular weight is 307 g/mol. The molecule has 2 aromatic carbocycles. The van der Waals surface area contributed by atoms with Gasteiger partial charge in [-0.2, -0.15) is 0 Å². The Kier molecular flexibility index (Phi) is 4.02. The number of hydrogen-bond acceptors (Lipinski definition) is 1. The van der Waals surface area contributed by atoms with Crippen LogP contribution in [0, 0.1) is 0 Å². The zero-order chi connectivity index (χ0) is 14.1. The summed E-state index contributed by atoms with van der Waals surface area (Å²) in [5.41, 5.74) is 3.17. The molecule has 1 saturated carbocycles. The van der Waals surface area contributed by atoms with Crippen molar-refractivity contribution in [1.82, 2.24) is 0 Å². The van der Waals surface area contributed by atoms with E-state index >= 15 is 0 Å². The van der Waals surface area contributed by atoms with E-state index in [1.807, 2.05) is 24.3 Å². The van der Waals surface area contributed by atoms with Gasteiger partial charge in [0.1, 0.15) is 0 Å². The Morgan fingerprint density at radius 3 is 2.40 bits per heavy atom. The molecule has 0 aliphatic heterocycles. The third-order valence-corrected chi connectivity index (χ3v) is 4.67. The van der Waals surface area contributed by atoms with Crippen LogP contribution >= 0.6 is 23.2 Å². The van der Waals surface area contributed by atoms with E-state index in [0.29, 0.717) is 16.5 Å². The van der Waals surface area contributed by atoms with Gasteiger partial charge < -0.3 is 5.11 Å². The number of rotatable bonds is 4. The minimum Gasteiger partial charge on any atom is -0.388 e. The van der Waals surface area contributed by atoms with E-state index in [2.05, 4.69) is 12.1 Å². The highest BCUT2D eigenvalue weighted by Crippen LogP contribution is 2.40. The second kappa shape index (κ2) is 5.77. The lowest BCUT2D eigenvalue weighted by molar-refractivity contribution is 0.178. The first kappa shape index (κ1) is 13.9. The molecule has 0 spiro atoms. The molecule has 3 heteroatoms. The van der Waals surface area contributed by atoms with Crippen molar-refractivity contribution in [3.8, 4) is 0 Å². The maximum atomic E-state index is 10.3. The summed E-state index contributed by atoms with van der Waals surface area (Å²) in [5, 5.41) is 11.4. The summed E-state index contributed by atoms with van der Waals surface area (Å²) < 4.78 is 0. The number of aliphatic hydroxyl groups excluding tert-OH is 1. The Labute approximate surface area is 129 Å². The molecule has 0 radical (unpaired) electrons. The first-order valence-electron chi connectivity index (χ1n) is 6.86. The van der Waals surface area contributed by atoms with Crippen LogP contribution in [0.3, 0.4) is 0 Å². The first-order chi connectivity index (χ1) is 9.65. The molecule has 1 aliphatic rings. The smallest absolute Gasteiger partial charge is 0.0830 e. The lowest BCUT2D eigenvalue weighted by Gasteiger charge is -2.13. The average Bonchev–Trinajstić information content (AvgIpc) is 3.29. The summed E-state index contributed by atoms with van der Waals surface area (Å²) in [5.74, 6) is 0.739. The first-order valence-corrected chi connectivity index (χ1v) is 7.61. The van der Waals surface area contributed by atoms with Crippen LogP contribution in [0.2, 0.25) is 10.0 Å². The van der Waals surface area contributed by atoms with E-state index in [1.54, 1.807) is 6.07 Å². The summed E-state index contributed by atoms with van der Waals surface area (Å²) in [7, 11) is 0. The van der Waals surface area contributed by atoms with Gasteiger partial charge in [-0.15, -0.1) is 0 Å². The number of aliphatic hydroxyl groups is 1. The highest BCUT2D eigenvalue weighted by molar-refractivity contribution is 6.42. The molecule has 1 N–H and O–H groups in total. The van der Waals surface area contributed by atoms with Gasteiger partial charge in [0.15, 0.2) is 0 Å². The van der Waals surface area contributed by atoms with Crippen molar-refractivity contribution in [3.05, 3.63) is 69.2 Å². The quantitative estimate of drug-likeness (QED) is 0.828. The van der Waals surface area contributed by atoms with Crippen LogP contribution in [0.5, 0.6) is 0 Å². The lowest BCUT2D eigenvalue weighted by atomic mass is 9.99. The maximum Gasteiger partial charge on any atom is 0.0830 e. The predicted molar refractivity (Wildman–Crippen MR) is 83.5 cm³/mol.